The Hall–Kier alpha value is -3.90. The predicted molar refractivity (Wildman–Crippen MR) is 138 cm³/mol. The number of nitriles is 1. The Labute approximate surface area is 205 Å². The van der Waals surface area contributed by atoms with Crippen molar-refractivity contribution in [3.05, 3.63) is 48.0 Å². The van der Waals surface area contributed by atoms with Crippen LogP contribution in [0.15, 0.2) is 42.5 Å². The molecule has 3 amide bonds. The predicted octanol–water partition coefficient (Wildman–Crippen LogP) is 4.62. The topological polar surface area (TPSA) is 103 Å². The van der Waals surface area contributed by atoms with E-state index >= 15 is 0 Å². The molecule has 0 saturated heterocycles. The number of benzene rings is 2. The summed E-state index contributed by atoms with van der Waals surface area (Å²) in [4.78, 5) is 33.3. The zero-order chi connectivity index (χ0) is 25.5. The molecular formula is C26H32N6O3. The molecule has 35 heavy (non-hydrogen) atoms. The maximum Gasteiger partial charge on any atom is 0.328 e. The summed E-state index contributed by atoms with van der Waals surface area (Å²) in [6, 6.07) is 14.1. The molecular weight excluding hydrogens is 444 g/mol. The van der Waals surface area contributed by atoms with Gasteiger partial charge in [-0.25, -0.2) is 9.78 Å². The Bertz CT molecular complexity index is 1230. The molecule has 0 unspecified atom stereocenters. The van der Waals surface area contributed by atoms with Gasteiger partial charge in [-0.1, -0.05) is 13.8 Å². The van der Waals surface area contributed by atoms with Crippen LogP contribution in [0.1, 0.15) is 32.8 Å². The lowest BCUT2D eigenvalue weighted by molar-refractivity contribution is -0.121. The highest BCUT2D eigenvalue weighted by atomic mass is 16.5. The van der Waals surface area contributed by atoms with Gasteiger partial charge in [-0.2, -0.15) is 5.26 Å². The third kappa shape index (κ3) is 5.97. The second kappa shape index (κ2) is 11.5. The van der Waals surface area contributed by atoms with Gasteiger partial charge in [-0.3, -0.25) is 15.0 Å². The number of nitrogens with zero attached hydrogens (tertiary/aromatic N) is 5. The molecule has 0 aliphatic rings. The molecule has 9 heteroatoms. The number of urea groups is 1. The Balaban J connectivity index is 1.91. The second-order valence-corrected chi connectivity index (χ2v) is 8.51. The van der Waals surface area contributed by atoms with Crippen molar-refractivity contribution in [2.24, 2.45) is 5.92 Å². The highest BCUT2D eigenvalue weighted by Crippen LogP contribution is 2.26. The van der Waals surface area contributed by atoms with Crippen molar-refractivity contribution in [1.29, 1.82) is 5.26 Å². The number of imidazole rings is 1. The minimum absolute atomic E-state index is 0.0121. The van der Waals surface area contributed by atoms with E-state index in [2.05, 4.69) is 16.4 Å². The number of carbonyl (C=O) groups excluding carboxylic acids is 2. The molecule has 3 aromatic rings. The van der Waals surface area contributed by atoms with E-state index in [4.69, 9.17) is 10.00 Å². The van der Waals surface area contributed by atoms with Crippen LogP contribution in [0.25, 0.3) is 11.0 Å². The van der Waals surface area contributed by atoms with Crippen LogP contribution in [0.2, 0.25) is 0 Å². The van der Waals surface area contributed by atoms with Crippen LogP contribution in [-0.2, 0) is 16.1 Å². The third-order valence-corrected chi connectivity index (χ3v) is 5.73. The van der Waals surface area contributed by atoms with E-state index in [1.165, 1.54) is 4.90 Å². The summed E-state index contributed by atoms with van der Waals surface area (Å²) in [5.74, 6) is 0.300. The number of nitrogens with one attached hydrogen (secondary N) is 1. The van der Waals surface area contributed by atoms with Gasteiger partial charge in [0.05, 0.1) is 22.7 Å². The van der Waals surface area contributed by atoms with E-state index in [0.29, 0.717) is 42.5 Å². The van der Waals surface area contributed by atoms with Gasteiger partial charge in [0.25, 0.3) is 0 Å². The molecule has 0 saturated carbocycles. The van der Waals surface area contributed by atoms with Gasteiger partial charge < -0.3 is 14.2 Å². The van der Waals surface area contributed by atoms with Crippen LogP contribution in [0.3, 0.4) is 0 Å². The number of hydrogen-bond acceptors (Lipinski definition) is 5. The van der Waals surface area contributed by atoms with Crippen LogP contribution in [-0.4, -0.2) is 48.8 Å². The monoisotopic (exact) mass is 476 g/mol. The lowest BCUT2D eigenvalue weighted by Crippen LogP contribution is -2.32. The zero-order valence-corrected chi connectivity index (χ0v) is 20.9. The minimum Gasteiger partial charge on any atom is -0.382 e. The molecule has 2 aromatic carbocycles. The first-order valence-electron chi connectivity index (χ1n) is 11.7. The van der Waals surface area contributed by atoms with Crippen molar-refractivity contribution in [2.45, 2.75) is 33.7 Å². The van der Waals surface area contributed by atoms with Gasteiger partial charge in [-0.15, -0.1) is 0 Å². The summed E-state index contributed by atoms with van der Waals surface area (Å²) in [5, 5.41) is 11.9. The zero-order valence-electron chi connectivity index (χ0n) is 20.9. The average Bonchev–Trinajstić information content (AvgIpc) is 3.21. The number of fused-ring (bicyclic) bond motifs is 1. The van der Waals surface area contributed by atoms with E-state index in [1.54, 1.807) is 43.3 Å². The molecule has 0 spiro atoms. The lowest BCUT2D eigenvalue weighted by Gasteiger charge is -2.19. The minimum atomic E-state index is -0.358. The normalized spacial score (nSPS) is 10.9. The fourth-order valence-electron chi connectivity index (χ4n) is 3.69. The van der Waals surface area contributed by atoms with Crippen molar-refractivity contribution in [3.8, 4) is 6.07 Å². The molecule has 9 nitrogen and oxygen atoms in total. The van der Waals surface area contributed by atoms with Crippen molar-refractivity contribution in [2.75, 3.05) is 42.4 Å². The van der Waals surface area contributed by atoms with E-state index < -0.39 is 0 Å². The highest BCUT2D eigenvalue weighted by molar-refractivity contribution is 6.01. The summed E-state index contributed by atoms with van der Waals surface area (Å²) in [6.07, 6.45) is 0.751. The van der Waals surface area contributed by atoms with Crippen molar-refractivity contribution >= 4 is 40.3 Å². The Morgan fingerprint density at radius 2 is 1.80 bits per heavy atom. The third-order valence-electron chi connectivity index (χ3n) is 5.73. The lowest BCUT2D eigenvalue weighted by atomic mass is 10.1. The van der Waals surface area contributed by atoms with Gasteiger partial charge >= 0.3 is 6.03 Å². The van der Waals surface area contributed by atoms with Crippen LogP contribution in [0.5, 0.6) is 0 Å². The molecule has 0 atom stereocenters. The molecule has 184 valence electrons. The van der Waals surface area contributed by atoms with Crippen LogP contribution in [0.4, 0.5) is 22.1 Å². The molecule has 0 fully saturated rings. The quantitative estimate of drug-likeness (QED) is 0.454. The van der Waals surface area contributed by atoms with E-state index in [1.807, 2.05) is 43.5 Å². The van der Waals surface area contributed by atoms with Gasteiger partial charge in [0.15, 0.2) is 0 Å². The van der Waals surface area contributed by atoms with Crippen LogP contribution < -0.4 is 15.1 Å². The van der Waals surface area contributed by atoms with Gasteiger partial charge in [0.2, 0.25) is 11.9 Å². The first-order valence-corrected chi connectivity index (χ1v) is 11.7. The van der Waals surface area contributed by atoms with Gasteiger partial charge in [-0.05, 0) is 55.8 Å². The smallest absolute Gasteiger partial charge is 0.328 e. The summed E-state index contributed by atoms with van der Waals surface area (Å²) < 4.78 is 7.43. The fourth-order valence-corrected chi connectivity index (χ4v) is 3.69. The molecule has 1 N–H and O–H groups in total. The number of hydrogen-bond donors (Lipinski definition) is 1. The maximum absolute atomic E-state index is 13.0. The van der Waals surface area contributed by atoms with Crippen molar-refractivity contribution < 1.29 is 14.3 Å². The van der Waals surface area contributed by atoms with Gasteiger partial charge in [0, 0.05) is 51.1 Å². The SMILES string of the molecule is CCOCCCn1c(NC(=O)N(C)c2ccc(C#N)cc2)nc2cc(N(C)C(=O)C(C)C)ccc21. The summed E-state index contributed by atoms with van der Waals surface area (Å²) in [7, 11) is 3.40. The first-order chi connectivity index (χ1) is 16.8. The highest BCUT2D eigenvalue weighted by Gasteiger charge is 2.19. The number of ether oxygens (including phenoxy) is 1. The molecule has 0 bridgehead atoms. The Morgan fingerprint density at radius 3 is 2.43 bits per heavy atom. The van der Waals surface area contributed by atoms with Crippen LogP contribution in [0, 0.1) is 17.2 Å². The standard InChI is InChI=1S/C26H32N6O3/c1-6-35-15-7-14-32-23-13-12-21(30(4)24(33)18(2)3)16-22(23)28-25(32)29-26(34)31(5)20-10-8-19(17-27)9-11-20/h8-13,16,18H,6-7,14-15H2,1-5H3,(H,28,29,34). The summed E-state index contributed by atoms with van der Waals surface area (Å²) >= 11 is 0. The Kier molecular flexibility index (Phi) is 8.44. The molecule has 0 radical (unpaired) electrons. The van der Waals surface area contributed by atoms with Crippen molar-refractivity contribution in [3.63, 3.8) is 0 Å². The number of aryl methyl sites for hydroxylation is 1. The van der Waals surface area contributed by atoms with E-state index in [-0.39, 0.29) is 17.9 Å². The van der Waals surface area contributed by atoms with Crippen molar-refractivity contribution in [1.82, 2.24) is 9.55 Å². The molecule has 0 aliphatic heterocycles. The fraction of sp³-hybridized carbons (Fsp3) is 0.385. The van der Waals surface area contributed by atoms with Gasteiger partial charge in [0.1, 0.15) is 0 Å². The molecule has 1 heterocycles. The number of anilines is 3. The second-order valence-electron chi connectivity index (χ2n) is 8.51. The summed E-state index contributed by atoms with van der Waals surface area (Å²) in [5.41, 5.74) is 3.44. The maximum atomic E-state index is 13.0. The van der Waals surface area contributed by atoms with E-state index in [9.17, 15) is 9.59 Å². The number of rotatable bonds is 9. The number of carbonyl (C=O) groups is 2. The number of aromatic nitrogens is 2. The first kappa shape index (κ1) is 25.7. The number of amides is 3. The Morgan fingerprint density at radius 1 is 1.11 bits per heavy atom. The summed E-state index contributed by atoms with van der Waals surface area (Å²) in [6.45, 7) is 7.52. The van der Waals surface area contributed by atoms with E-state index in [0.717, 1.165) is 17.6 Å². The molecule has 3 rings (SSSR count). The molecule has 1 aromatic heterocycles. The largest absolute Gasteiger partial charge is 0.382 e. The molecule has 0 aliphatic carbocycles. The van der Waals surface area contributed by atoms with Crippen LogP contribution >= 0.6 is 0 Å². The average molecular weight is 477 g/mol.